The van der Waals surface area contributed by atoms with Crippen LogP contribution in [0.3, 0.4) is 0 Å². The van der Waals surface area contributed by atoms with Crippen LogP contribution < -0.4 is 5.73 Å². The Morgan fingerprint density at radius 2 is 2.23 bits per heavy atom. The first-order valence-corrected chi connectivity index (χ1v) is 4.02. The van der Waals surface area contributed by atoms with Crippen LogP contribution in [-0.2, 0) is 0 Å². The van der Waals surface area contributed by atoms with Crippen LogP contribution in [0.2, 0.25) is 5.02 Å². The van der Waals surface area contributed by atoms with E-state index in [1.54, 1.807) is 18.2 Å². The highest BCUT2D eigenvalue weighted by atomic mass is 35.5. The van der Waals surface area contributed by atoms with E-state index in [0.29, 0.717) is 16.3 Å². The van der Waals surface area contributed by atoms with Gasteiger partial charge in [-0.05, 0) is 18.2 Å². The number of nitrogen functional groups attached to an aromatic ring is 1. The summed E-state index contributed by atoms with van der Waals surface area (Å²) in [6.07, 6.45) is 0.209. The summed E-state index contributed by atoms with van der Waals surface area (Å²) in [6, 6.07) is 7.03. The topological polar surface area (TPSA) is 49.8 Å². The average molecular weight is 191 g/mol. The molecule has 1 rings (SSSR count). The molecule has 0 aliphatic carbocycles. The highest BCUT2D eigenvalue weighted by Crippen LogP contribution is 2.17. The molecule has 64 valence electrons. The second kappa shape index (κ2) is 4.40. The Hall–Kier alpha value is -1.64. The molecular weight excluding hydrogens is 184 g/mol. The number of hydrogen-bond acceptors (Lipinski definition) is 2. The van der Waals surface area contributed by atoms with E-state index in [0.717, 1.165) is 0 Å². The Morgan fingerprint density at radius 3 is 2.85 bits per heavy atom. The number of nitrogens with zero attached hydrogens (tertiary/aromatic N) is 1. The Labute approximate surface area is 81.9 Å². The smallest absolute Gasteiger partial charge is 0.0966 e. The van der Waals surface area contributed by atoms with Crippen molar-refractivity contribution in [3.05, 3.63) is 28.8 Å². The molecule has 2 nitrogen and oxygen atoms in total. The Balaban J connectivity index is 2.93. The van der Waals surface area contributed by atoms with Gasteiger partial charge in [0.2, 0.25) is 0 Å². The van der Waals surface area contributed by atoms with Crippen molar-refractivity contribution in [2.24, 2.45) is 0 Å². The van der Waals surface area contributed by atoms with Crippen LogP contribution in [0, 0.1) is 23.2 Å². The minimum atomic E-state index is 0.209. The fraction of sp³-hybridized carbons (Fsp3) is 0.100. The molecule has 0 heterocycles. The summed E-state index contributed by atoms with van der Waals surface area (Å²) in [6.45, 7) is 0. The van der Waals surface area contributed by atoms with Gasteiger partial charge in [0, 0.05) is 11.3 Å². The van der Waals surface area contributed by atoms with Gasteiger partial charge < -0.3 is 5.73 Å². The van der Waals surface area contributed by atoms with Gasteiger partial charge in [0.15, 0.2) is 0 Å². The van der Waals surface area contributed by atoms with Gasteiger partial charge in [0.05, 0.1) is 17.5 Å². The molecule has 1 aromatic rings. The number of rotatable bonds is 0. The molecule has 3 heteroatoms. The lowest BCUT2D eigenvalue weighted by molar-refractivity contribution is 1.39. The molecule has 0 unspecified atom stereocenters. The minimum Gasteiger partial charge on any atom is -0.399 e. The van der Waals surface area contributed by atoms with E-state index in [4.69, 9.17) is 22.6 Å². The van der Waals surface area contributed by atoms with Crippen molar-refractivity contribution in [3.63, 3.8) is 0 Å². The third-order valence-electron chi connectivity index (χ3n) is 1.38. The molecule has 0 aromatic heterocycles. The molecule has 1 aromatic carbocycles. The van der Waals surface area contributed by atoms with Crippen molar-refractivity contribution < 1.29 is 0 Å². The highest BCUT2D eigenvalue weighted by Gasteiger charge is 1.95. The van der Waals surface area contributed by atoms with E-state index < -0.39 is 0 Å². The number of benzene rings is 1. The second-order valence-corrected chi connectivity index (χ2v) is 2.78. The minimum absolute atomic E-state index is 0.209. The van der Waals surface area contributed by atoms with Crippen molar-refractivity contribution in [3.8, 4) is 17.9 Å². The lowest BCUT2D eigenvalue weighted by atomic mass is 10.2. The number of anilines is 1. The quantitative estimate of drug-likeness (QED) is 0.504. The van der Waals surface area contributed by atoms with Gasteiger partial charge >= 0.3 is 0 Å². The highest BCUT2D eigenvalue weighted by molar-refractivity contribution is 6.32. The van der Waals surface area contributed by atoms with Crippen LogP contribution in [0.1, 0.15) is 12.0 Å². The monoisotopic (exact) mass is 190 g/mol. The average Bonchev–Trinajstić information content (AvgIpc) is 2.09. The zero-order valence-electron chi connectivity index (χ0n) is 6.84. The summed E-state index contributed by atoms with van der Waals surface area (Å²) in [7, 11) is 0. The van der Waals surface area contributed by atoms with E-state index in [-0.39, 0.29) is 6.42 Å². The number of nitrogens with two attached hydrogens (primary N) is 1. The molecule has 0 amide bonds. The SMILES string of the molecule is N#CCC#Cc1ccc(N)cc1Cl. The first kappa shape index (κ1) is 9.45. The molecule has 0 atom stereocenters. The Morgan fingerprint density at radius 1 is 1.46 bits per heavy atom. The molecular formula is C10H7ClN2. The first-order valence-electron chi connectivity index (χ1n) is 3.65. The predicted molar refractivity (Wildman–Crippen MR) is 53.0 cm³/mol. The summed E-state index contributed by atoms with van der Waals surface area (Å²) in [5, 5.41) is 8.77. The van der Waals surface area contributed by atoms with E-state index in [1.165, 1.54) is 0 Å². The van der Waals surface area contributed by atoms with Gasteiger partial charge in [0.1, 0.15) is 0 Å². The Kier molecular flexibility index (Phi) is 3.20. The fourth-order valence-corrected chi connectivity index (χ4v) is 1.05. The van der Waals surface area contributed by atoms with Gasteiger partial charge in [-0.25, -0.2) is 0 Å². The standard InChI is InChI=1S/C10H7ClN2/c11-10-7-9(13)5-4-8(10)3-1-2-6-12/h4-5,7H,2,13H2. The molecule has 0 radical (unpaired) electrons. The second-order valence-electron chi connectivity index (χ2n) is 2.38. The number of halogens is 1. The zero-order chi connectivity index (χ0) is 9.68. The van der Waals surface area contributed by atoms with Crippen molar-refractivity contribution in [1.29, 1.82) is 5.26 Å². The van der Waals surface area contributed by atoms with Crippen molar-refractivity contribution >= 4 is 17.3 Å². The van der Waals surface area contributed by atoms with Gasteiger partial charge in [-0.3, -0.25) is 0 Å². The van der Waals surface area contributed by atoms with Gasteiger partial charge in [-0.1, -0.05) is 23.4 Å². The molecule has 0 aliphatic rings. The van der Waals surface area contributed by atoms with Crippen LogP contribution in [-0.4, -0.2) is 0 Å². The molecule has 0 aliphatic heterocycles. The lowest BCUT2D eigenvalue weighted by Crippen LogP contribution is -1.85. The van der Waals surface area contributed by atoms with Crippen LogP contribution in [0.4, 0.5) is 5.69 Å². The summed E-state index contributed by atoms with van der Waals surface area (Å²) < 4.78 is 0. The molecule has 0 spiro atoms. The first-order chi connectivity index (χ1) is 6.24. The third-order valence-corrected chi connectivity index (χ3v) is 1.70. The fourth-order valence-electron chi connectivity index (χ4n) is 0.812. The molecule has 0 fully saturated rings. The lowest BCUT2D eigenvalue weighted by Gasteiger charge is -1.96. The molecule has 0 saturated heterocycles. The van der Waals surface area contributed by atoms with Crippen LogP contribution in [0.25, 0.3) is 0 Å². The molecule has 13 heavy (non-hydrogen) atoms. The predicted octanol–water partition coefficient (Wildman–Crippen LogP) is 2.19. The van der Waals surface area contributed by atoms with E-state index >= 15 is 0 Å². The van der Waals surface area contributed by atoms with Crippen LogP contribution in [0.5, 0.6) is 0 Å². The number of hydrogen-bond donors (Lipinski definition) is 1. The Bertz CT molecular complexity index is 407. The largest absolute Gasteiger partial charge is 0.399 e. The van der Waals surface area contributed by atoms with E-state index in [1.807, 2.05) is 6.07 Å². The molecule has 0 saturated carbocycles. The molecule has 0 bridgehead atoms. The van der Waals surface area contributed by atoms with Gasteiger partial charge in [0.25, 0.3) is 0 Å². The van der Waals surface area contributed by atoms with Crippen LogP contribution in [0.15, 0.2) is 18.2 Å². The summed E-state index contributed by atoms with van der Waals surface area (Å²) >= 11 is 5.84. The van der Waals surface area contributed by atoms with Crippen molar-refractivity contribution in [2.75, 3.05) is 5.73 Å². The summed E-state index contributed by atoms with van der Waals surface area (Å²) in [4.78, 5) is 0. The van der Waals surface area contributed by atoms with E-state index in [2.05, 4.69) is 11.8 Å². The maximum absolute atomic E-state index is 8.25. The van der Waals surface area contributed by atoms with Gasteiger partial charge in [-0.2, -0.15) is 5.26 Å². The third kappa shape index (κ3) is 2.71. The van der Waals surface area contributed by atoms with E-state index in [9.17, 15) is 0 Å². The molecule has 2 N–H and O–H groups in total. The summed E-state index contributed by atoms with van der Waals surface area (Å²) in [5.74, 6) is 5.46. The van der Waals surface area contributed by atoms with Crippen LogP contribution >= 0.6 is 11.6 Å². The van der Waals surface area contributed by atoms with Crippen molar-refractivity contribution in [1.82, 2.24) is 0 Å². The zero-order valence-corrected chi connectivity index (χ0v) is 7.60. The summed E-state index contributed by atoms with van der Waals surface area (Å²) in [5.41, 5.74) is 6.80. The van der Waals surface area contributed by atoms with Gasteiger partial charge in [-0.15, -0.1) is 0 Å². The maximum Gasteiger partial charge on any atom is 0.0966 e. The normalized spacial score (nSPS) is 8.31. The maximum atomic E-state index is 8.25. The number of nitriles is 1. The van der Waals surface area contributed by atoms with Crippen molar-refractivity contribution in [2.45, 2.75) is 6.42 Å².